The van der Waals surface area contributed by atoms with Gasteiger partial charge in [0.1, 0.15) is 0 Å². The molecule has 0 aliphatic heterocycles. The summed E-state index contributed by atoms with van der Waals surface area (Å²) in [6.45, 7) is 0.857. The molecule has 0 radical (unpaired) electrons. The van der Waals surface area contributed by atoms with Crippen molar-refractivity contribution in [2.24, 2.45) is 35.5 Å². The fraction of sp³-hybridized carbons (Fsp3) is 0.667. The van der Waals surface area contributed by atoms with Crippen molar-refractivity contribution in [3.63, 3.8) is 0 Å². The van der Waals surface area contributed by atoms with Gasteiger partial charge in [-0.05, 0) is 92.2 Å². The predicted octanol–water partition coefficient (Wildman–Crippen LogP) is 5.03. The van der Waals surface area contributed by atoms with Gasteiger partial charge in [0, 0.05) is 12.9 Å². The average Bonchev–Trinajstić information content (AvgIpc) is 3.57. The first-order chi connectivity index (χ1) is 15.1. The zero-order valence-electron chi connectivity index (χ0n) is 17.7. The molecular weight excluding hydrogens is 416 g/mol. The van der Waals surface area contributed by atoms with Gasteiger partial charge in [-0.2, -0.15) is 0 Å². The molecular formula is C24H30O6S. The first-order valence-corrected chi connectivity index (χ1v) is 11.9. The number of rotatable bonds is 8. The number of carbonyl (C=O) groups excluding carboxylic acids is 2. The molecule has 4 saturated carbocycles. The number of fused-ring (bicyclic) bond motifs is 4. The van der Waals surface area contributed by atoms with E-state index in [4.69, 9.17) is 14.4 Å². The number of hydrogen-bond acceptors (Lipinski definition) is 7. The van der Waals surface area contributed by atoms with Gasteiger partial charge < -0.3 is 14.4 Å². The van der Waals surface area contributed by atoms with E-state index in [2.05, 4.69) is 17.2 Å². The van der Waals surface area contributed by atoms with E-state index in [0.29, 0.717) is 36.9 Å². The van der Waals surface area contributed by atoms with Crippen LogP contribution in [0.4, 0.5) is 0 Å². The van der Waals surface area contributed by atoms with Crippen LogP contribution in [-0.4, -0.2) is 25.2 Å². The van der Waals surface area contributed by atoms with Crippen molar-refractivity contribution >= 4 is 24.8 Å². The largest absolute Gasteiger partial charge is 0.462 e. The molecule has 0 N–H and O–H groups in total. The van der Waals surface area contributed by atoms with Crippen LogP contribution < -0.4 is 4.89 Å². The Labute approximate surface area is 188 Å². The first kappa shape index (κ1) is 21.1. The van der Waals surface area contributed by atoms with Gasteiger partial charge in [0.05, 0.1) is 24.3 Å². The smallest absolute Gasteiger partial charge is 0.338 e. The summed E-state index contributed by atoms with van der Waals surface area (Å²) in [6.07, 6.45) is 9.94. The van der Waals surface area contributed by atoms with Gasteiger partial charge in [0.15, 0.2) is 5.75 Å². The third-order valence-electron chi connectivity index (χ3n) is 8.14. The third kappa shape index (κ3) is 4.58. The highest BCUT2D eigenvalue weighted by Crippen LogP contribution is 2.49. The van der Waals surface area contributed by atoms with Crippen molar-refractivity contribution in [1.29, 1.82) is 0 Å². The second kappa shape index (κ2) is 9.02. The van der Waals surface area contributed by atoms with Crippen LogP contribution in [0, 0.1) is 35.5 Å². The van der Waals surface area contributed by atoms with Crippen molar-refractivity contribution in [3.05, 3.63) is 29.3 Å². The SMILES string of the molecule is O=C(OCC1CC2CCC1C2)c1cc(OOS)cc(C(=O)OCC2CC3CCC2C3)c1. The van der Waals surface area contributed by atoms with Crippen LogP contribution in [0.3, 0.4) is 0 Å². The van der Waals surface area contributed by atoms with Crippen LogP contribution in [-0.2, 0) is 13.8 Å². The summed E-state index contributed by atoms with van der Waals surface area (Å²) in [5, 5.41) is 0. The van der Waals surface area contributed by atoms with E-state index in [0.717, 1.165) is 24.7 Å². The highest BCUT2D eigenvalue weighted by Gasteiger charge is 2.41. The Morgan fingerprint density at radius 2 is 1.29 bits per heavy atom. The molecule has 4 aliphatic rings. The standard InChI is InChI=1S/C24H30O6S/c25-23(27-12-20-7-14-1-3-16(20)5-14)18-9-19(11-22(10-18)29-30-31)24(26)28-13-21-8-15-2-4-17(21)6-15/h9-11,14-17,20-21,31H,1-8,12-13H2. The molecule has 168 valence electrons. The van der Waals surface area contributed by atoms with Crippen LogP contribution in [0.1, 0.15) is 72.1 Å². The van der Waals surface area contributed by atoms with Crippen molar-refractivity contribution in [1.82, 2.24) is 0 Å². The van der Waals surface area contributed by atoms with Gasteiger partial charge in [0.2, 0.25) is 0 Å². The van der Waals surface area contributed by atoms with E-state index < -0.39 is 11.9 Å². The highest BCUT2D eigenvalue weighted by molar-refractivity contribution is 7.74. The maximum Gasteiger partial charge on any atom is 0.338 e. The molecule has 1 aromatic rings. The number of carbonyl (C=O) groups is 2. The third-order valence-corrected chi connectivity index (χ3v) is 8.21. The summed E-state index contributed by atoms with van der Waals surface area (Å²) in [5.74, 6) is 3.15. The van der Waals surface area contributed by atoms with E-state index in [-0.39, 0.29) is 16.9 Å². The van der Waals surface area contributed by atoms with Crippen LogP contribution in [0.2, 0.25) is 0 Å². The van der Waals surface area contributed by atoms with Crippen molar-refractivity contribution in [2.75, 3.05) is 13.2 Å². The number of benzene rings is 1. The van der Waals surface area contributed by atoms with Crippen molar-refractivity contribution in [2.45, 2.75) is 51.4 Å². The van der Waals surface area contributed by atoms with Gasteiger partial charge in [0.25, 0.3) is 0 Å². The lowest BCUT2D eigenvalue weighted by Gasteiger charge is -2.21. The maximum atomic E-state index is 12.7. The molecule has 0 saturated heterocycles. The number of hydrogen-bond donors (Lipinski definition) is 1. The monoisotopic (exact) mass is 446 g/mol. The van der Waals surface area contributed by atoms with Gasteiger partial charge in [-0.3, -0.25) is 0 Å². The Kier molecular flexibility index (Phi) is 6.15. The minimum atomic E-state index is -0.463. The maximum absolute atomic E-state index is 12.7. The molecule has 7 heteroatoms. The van der Waals surface area contributed by atoms with Gasteiger partial charge in [-0.1, -0.05) is 12.8 Å². The molecule has 4 fully saturated rings. The zero-order chi connectivity index (χ0) is 21.4. The molecule has 6 nitrogen and oxygen atoms in total. The predicted molar refractivity (Wildman–Crippen MR) is 116 cm³/mol. The molecule has 4 aliphatic carbocycles. The van der Waals surface area contributed by atoms with Crippen LogP contribution in [0.5, 0.6) is 5.75 Å². The molecule has 6 atom stereocenters. The summed E-state index contributed by atoms with van der Waals surface area (Å²) in [7, 11) is 0. The Hall–Kier alpha value is -1.73. The molecule has 0 heterocycles. The number of thiol groups is 1. The molecule has 1 aromatic carbocycles. The van der Waals surface area contributed by atoms with E-state index in [1.54, 1.807) is 0 Å². The lowest BCUT2D eigenvalue weighted by Crippen LogP contribution is -2.20. The Morgan fingerprint density at radius 3 is 1.68 bits per heavy atom. The molecule has 0 spiro atoms. The molecule has 4 bridgehead atoms. The molecule has 31 heavy (non-hydrogen) atoms. The van der Waals surface area contributed by atoms with Gasteiger partial charge in [-0.25, -0.2) is 9.59 Å². The fourth-order valence-corrected chi connectivity index (χ4v) is 6.71. The molecule has 6 unspecified atom stereocenters. The fourth-order valence-electron chi connectivity index (χ4n) is 6.62. The summed E-state index contributed by atoms with van der Waals surface area (Å²) < 4.78 is 15.6. The summed E-state index contributed by atoms with van der Waals surface area (Å²) in [4.78, 5) is 30.4. The second-order valence-electron chi connectivity index (χ2n) is 9.97. The molecule has 5 rings (SSSR count). The van der Waals surface area contributed by atoms with Gasteiger partial charge in [-0.15, -0.1) is 4.33 Å². The molecule has 0 amide bonds. The van der Waals surface area contributed by atoms with E-state index >= 15 is 0 Å². The van der Waals surface area contributed by atoms with Crippen molar-refractivity contribution < 1.29 is 28.3 Å². The molecule has 0 aromatic heterocycles. The van der Waals surface area contributed by atoms with Crippen molar-refractivity contribution in [3.8, 4) is 5.75 Å². The van der Waals surface area contributed by atoms with E-state index in [9.17, 15) is 9.59 Å². The Balaban J connectivity index is 1.22. The average molecular weight is 447 g/mol. The topological polar surface area (TPSA) is 71.1 Å². The number of esters is 2. The minimum absolute atomic E-state index is 0.205. The lowest BCUT2D eigenvalue weighted by molar-refractivity contribution is -0.0743. The highest BCUT2D eigenvalue weighted by atomic mass is 32.1. The minimum Gasteiger partial charge on any atom is -0.462 e. The second-order valence-corrected chi connectivity index (χ2v) is 10.1. The van der Waals surface area contributed by atoms with E-state index in [1.807, 2.05) is 0 Å². The normalized spacial score (nSPS) is 32.9. The lowest BCUT2D eigenvalue weighted by atomic mass is 9.89. The Bertz CT molecular complexity index is 779. The van der Waals surface area contributed by atoms with Crippen LogP contribution in [0.25, 0.3) is 0 Å². The Morgan fingerprint density at radius 1 is 0.774 bits per heavy atom. The number of ether oxygens (including phenoxy) is 2. The van der Waals surface area contributed by atoms with Crippen LogP contribution >= 0.6 is 12.9 Å². The quantitative estimate of drug-likeness (QED) is 0.199. The van der Waals surface area contributed by atoms with E-state index in [1.165, 1.54) is 56.7 Å². The van der Waals surface area contributed by atoms with Gasteiger partial charge >= 0.3 is 11.9 Å². The zero-order valence-corrected chi connectivity index (χ0v) is 18.6. The summed E-state index contributed by atoms with van der Waals surface area (Å²) >= 11 is 3.60. The first-order valence-electron chi connectivity index (χ1n) is 11.6. The van der Waals surface area contributed by atoms with Crippen LogP contribution in [0.15, 0.2) is 18.2 Å². The summed E-state index contributed by atoms with van der Waals surface area (Å²) in [6, 6.07) is 4.50. The summed E-state index contributed by atoms with van der Waals surface area (Å²) in [5.41, 5.74) is 0.496.